The second-order valence-electron chi connectivity index (χ2n) is 9.49. The van der Waals surface area contributed by atoms with Crippen LogP contribution in [0.5, 0.6) is 0 Å². The number of urea groups is 1. The van der Waals surface area contributed by atoms with Crippen molar-refractivity contribution in [2.75, 3.05) is 16.8 Å². The van der Waals surface area contributed by atoms with Gasteiger partial charge in [-0.3, -0.25) is 14.9 Å². The maximum Gasteiger partial charge on any atom is 0.335 e. The summed E-state index contributed by atoms with van der Waals surface area (Å²) in [6, 6.07) is 8.69. The summed E-state index contributed by atoms with van der Waals surface area (Å²) < 4.78 is 0. The zero-order chi connectivity index (χ0) is 24.2. The fourth-order valence-corrected chi connectivity index (χ4v) is 4.39. The molecule has 1 saturated heterocycles. The molecule has 0 atom stereocenters. The highest BCUT2D eigenvalue weighted by molar-refractivity contribution is 6.39. The van der Waals surface area contributed by atoms with Gasteiger partial charge in [-0.15, -0.1) is 0 Å². The van der Waals surface area contributed by atoms with Gasteiger partial charge in [-0.25, -0.2) is 9.69 Å². The number of imide groups is 2. The number of allylic oxidation sites excluding steroid dienone is 1. The van der Waals surface area contributed by atoms with Gasteiger partial charge in [-0.1, -0.05) is 12.1 Å². The molecule has 2 aromatic rings. The normalized spacial score (nSPS) is 18.9. The number of nitrogens with zero attached hydrogens (tertiary/aromatic N) is 2. The van der Waals surface area contributed by atoms with Gasteiger partial charge in [0.1, 0.15) is 5.57 Å². The van der Waals surface area contributed by atoms with E-state index in [9.17, 15) is 14.4 Å². The van der Waals surface area contributed by atoms with E-state index in [1.165, 1.54) is 0 Å². The van der Waals surface area contributed by atoms with Crippen molar-refractivity contribution in [3.05, 3.63) is 69.8 Å². The number of hydrogen-bond donors (Lipinski definition) is 1. The zero-order valence-electron chi connectivity index (χ0n) is 20.2. The number of amides is 4. The SMILES string of the molecule is CC1=CC(C)(C)N(C)c2cc(C)c(/C=C3\C(=O)NC(=O)N(c4ccc(C)c(C)c4)C3=O)cc21. The van der Waals surface area contributed by atoms with E-state index in [4.69, 9.17) is 0 Å². The molecule has 33 heavy (non-hydrogen) atoms. The number of aryl methyl sites for hydroxylation is 3. The van der Waals surface area contributed by atoms with Gasteiger partial charge in [-0.05, 0) is 99.7 Å². The first kappa shape index (κ1) is 22.5. The number of anilines is 2. The van der Waals surface area contributed by atoms with Gasteiger partial charge in [0.25, 0.3) is 11.8 Å². The predicted octanol–water partition coefficient (Wildman–Crippen LogP) is 4.91. The van der Waals surface area contributed by atoms with E-state index in [2.05, 4.69) is 50.2 Å². The maximum atomic E-state index is 13.3. The van der Waals surface area contributed by atoms with Crippen LogP contribution in [0.4, 0.5) is 16.2 Å². The van der Waals surface area contributed by atoms with Crippen molar-refractivity contribution in [1.82, 2.24) is 5.32 Å². The van der Waals surface area contributed by atoms with Gasteiger partial charge >= 0.3 is 6.03 Å². The first-order valence-corrected chi connectivity index (χ1v) is 11.0. The van der Waals surface area contributed by atoms with Gasteiger partial charge in [0.2, 0.25) is 0 Å². The fraction of sp³-hybridized carbons (Fsp3) is 0.296. The van der Waals surface area contributed by atoms with E-state index in [0.29, 0.717) is 5.69 Å². The van der Waals surface area contributed by atoms with Crippen LogP contribution < -0.4 is 15.1 Å². The smallest absolute Gasteiger partial charge is 0.335 e. The lowest BCUT2D eigenvalue weighted by molar-refractivity contribution is -0.122. The summed E-state index contributed by atoms with van der Waals surface area (Å²) in [5.41, 5.74) is 7.26. The molecule has 0 aromatic heterocycles. The Morgan fingerprint density at radius 2 is 1.61 bits per heavy atom. The van der Waals surface area contributed by atoms with Crippen molar-refractivity contribution < 1.29 is 14.4 Å². The van der Waals surface area contributed by atoms with Crippen LogP contribution in [-0.2, 0) is 9.59 Å². The number of carbonyl (C=O) groups is 3. The summed E-state index contributed by atoms with van der Waals surface area (Å²) in [7, 11) is 2.06. The summed E-state index contributed by atoms with van der Waals surface area (Å²) in [5.74, 6) is -1.32. The molecule has 2 aromatic carbocycles. The molecular formula is C27H29N3O3. The van der Waals surface area contributed by atoms with Crippen molar-refractivity contribution in [3.8, 4) is 0 Å². The molecule has 2 aliphatic heterocycles. The van der Waals surface area contributed by atoms with Crippen LogP contribution in [0.2, 0.25) is 0 Å². The molecule has 6 heteroatoms. The van der Waals surface area contributed by atoms with Crippen molar-refractivity contribution >= 4 is 40.9 Å². The quantitative estimate of drug-likeness (QED) is 0.529. The van der Waals surface area contributed by atoms with Crippen LogP contribution >= 0.6 is 0 Å². The van der Waals surface area contributed by atoms with Crippen molar-refractivity contribution in [2.45, 2.75) is 47.1 Å². The third kappa shape index (κ3) is 3.75. The highest BCUT2D eigenvalue weighted by atomic mass is 16.2. The number of fused-ring (bicyclic) bond motifs is 1. The Morgan fingerprint density at radius 1 is 0.909 bits per heavy atom. The number of nitrogens with one attached hydrogen (secondary N) is 1. The van der Waals surface area contributed by atoms with Gasteiger partial charge in [0.05, 0.1) is 11.2 Å². The second-order valence-corrected chi connectivity index (χ2v) is 9.49. The van der Waals surface area contributed by atoms with Crippen LogP contribution in [0.1, 0.15) is 48.6 Å². The van der Waals surface area contributed by atoms with E-state index in [1.807, 2.05) is 32.9 Å². The first-order valence-electron chi connectivity index (χ1n) is 11.0. The van der Waals surface area contributed by atoms with E-state index in [1.54, 1.807) is 18.2 Å². The molecule has 1 N–H and O–H groups in total. The minimum atomic E-state index is -0.741. The largest absolute Gasteiger partial charge is 0.365 e. The van der Waals surface area contributed by atoms with Gasteiger partial charge < -0.3 is 4.90 Å². The Morgan fingerprint density at radius 3 is 2.27 bits per heavy atom. The van der Waals surface area contributed by atoms with Crippen molar-refractivity contribution in [1.29, 1.82) is 0 Å². The summed E-state index contributed by atoms with van der Waals surface area (Å²) in [6.45, 7) is 12.2. The molecule has 0 radical (unpaired) electrons. The first-order chi connectivity index (χ1) is 15.4. The summed E-state index contributed by atoms with van der Waals surface area (Å²) in [6.07, 6.45) is 3.79. The van der Waals surface area contributed by atoms with Crippen LogP contribution in [0, 0.1) is 20.8 Å². The fourth-order valence-electron chi connectivity index (χ4n) is 4.39. The van der Waals surface area contributed by atoms with E-state index < -0.39 is 17.8 Å². The highest BCUT2D eigenvalue weighted by Gasteiger charge is 2.37. The minimum Gasteiger partial charge on any atom is -0.365 e. The zero-order valence-corrected chi connectivity index (χ0v) is 20.2. The van der Waals surface area contributed by atoms with Gasteiger partial charge in [-0.2, -0.15) is 0 Å². The maximum absolute atomic E-state index is 13.3. The third-order valence-corrected chi connectivity index (χ3v) is 6.75. The van der Waals surface area contributed by atoms with Crippen LogP contribution in [0.25, 0.3) is 11.6 Å². The van der Waals surface area contributed by atoms with Crippen LogP contribution in [0.15, 0.2) is 42.0 Å². The molecule has 0 spiro atoms. The molecule has 2 heterocycles. The topological polar surface area (TPSA) is 69.7 Å². The van der Waals surface area contributed by atoms with Gasteiger partial charge in [0.15, 0.2) is 0 Å². The molecule has 0 bridgehead atoms. The van der Waals surface area contributed by atoms with Gasteiger partial charge in [0, 0.05) is 18.3 Å². The predicted molar refractivity (Wildman–Crippen MR) is 132 cm³/mol. The monoisotopic (exact) mass is 443 g/mol. The molecular weight excluding hydrogens is 414 g/mol. The number of rotatable bonds is 2. The van der Waals surface area contributed by atoms with Crippen molar-refractivity contribution in [2.24, 2.45) is 0 Å². The number of benzene rings is 2. The number of barbiturate groups is 1. The standard InChI is InChI=1S/C27H29N3O3/c1-15-8-9-20(10-16(15)2)30-25(32)22(24(31)28-26(30)33)13-19-12-21-18(4)14-27(5,6)29(7)23(21)11-17(19)3/h8-14H,1-7H3,(H,28,31,33)/b22-13+. The summed E-state index contributed by atoms with van der Waals surface area (Å²) in [4.78, 5) is 41.7. The highest BCUT2D eigenvalue weighted by Crippen LogP contribution is 2.39. The lowest BCUT2D eigenvalue weighted by Crippen LogP contribution is -2.54. The number of carbonyl (C=O) groups excluding carboxylic acids is 3. The van der Waals surface area contributed by atoms with E-state index >= 15 is 0 Å². The molecule has 4 rings (SSSR count). The Bertz CT molecular complexity index is 1280. The molecule has 6 nitrogen and oxygen atoms in total. The molecule has 0 aliphatic carbocycles. The summed E-state index contributed by atoms with van der Waals surface area (Å²) >= 11 is 0. The average Bonchev–Trinajstić information content (AvgIpc) is 2.72. The lowest BCUT2D eigenvalue weighted by Gasteiger charge is -2.41. The molecule has 4 amide bonds. The Kier molecular flexibility index (Phi) is 5.27. The molecule has 1 fully saturated rings. The Hall–Kier alpha value is -3.67. The lowest BCUT2D eigenvalue weighted by atomic mass is 9.87. The van der Waals surface area contributed by atoms with Crippen molar-refractivity contribution in [3.63, 3.8) is 0 Å². The van der Waals surface area contributed by atoms with Crippen LogP contribution in [-0.4, -0.2) is 30.4 Å². The minimum absolute atomic E-state index is 0.0676. The Labute approximate surface area is 194 Å². The molecule has 170 valence electrons. The second kappa shape index (κ2) is 7.73. The summed E-state index contributed by atoms with van der Waals surface area (Å²) in [5, 5.41) is 2.31. The molecule has 0 unspecified atom stereocenters. The average molecular weight is 444 g/mol. The Balaban J connectivity index is 1.79. The van der Waals surface area contributed by atoms with E-state index in [-0.39, 0.29) is 11.1 Å². The molecule has 0 saturated carbocycles. The third-order valence-electron chi connectivity index (χ3n) is 6.75. The molecule has 2 aliphatic rings. The van der Waals surface area contributed by atoms with E-state index in [0.717, 1.165) is 44.0 Å². The number of hydrogen-bond acceptors (Lipinski definition) is 4. The number of likely N-dealkylation sites (N-methyl/N-ethyl adjacent to an activating group) is 1. The van der Waals surface area contributed by atoms with Crippen LogP contribution in [0.3, 0.4) is 0 Å².